The van der Waals surface area contributed by atoms with Crippen molar-refractivity contribution in [3.63, 3.8) is 0 Å². The molecule has 0 bridgehead atoms. The van der Waals surface area contributed by atoms with Gasteiger partial charge in [0.1, 0.15) is 78.4 Å². The molecule has 0 unspecified atom stereocenters. The molecule has 2 fully saturated rings. The van der Waals surface area contributed by atoms with Gasteiger partial charge in [0, 0.05) is 19.3 Å². The normalized spacial score (nSPS) is 29.8. The number of unbranched alkanes of at least 4 members (excludes halogenated alkanes) is 2. The first-order valence-electron chi connectivity index (χ1n) is 16.8. The van der Waals surface area contributed by atoms with Crippen molar-refractivity contribution in [3.8, 4) is 23.0 Å². The lowest BCUT2D eigenvalue weighted by molar-refractivity contribution is -0.301. The van der Waals surface area contributed by atoms with Gasteiger partial charge in [-0.25, -0.2) is 0 Å². The van der Waals surface area contributed by atoms with Crippen LogP contribution in [-0.2, 0) is 31.8 Å². The van der Waals surface area contributed by atoms with Gasteiger partial charge in [-0.05, 0) is 80.0 Å². The maximum atomic E-state index is 10.6. The fourth-order valence-electron chi connectivity index (χ4n) is 5.87. The summed E-state index contributed by atoms with van der Waals surface area (Å²) in [6.07, 6.45) is -9.15. The minimum absolute atomic E-state index is 0.124. The fourth-order valence-corrected chi connectivity index (χ4v) is 5.87. The third-order valence-electron chi connectivity index (χ3n) is 8.86. The topological polar surface area (TPSA) is 215 Å². The lowest BCUT2D eigenvalue weighted by Gasteiger charge is -2.40. The molecule has 15 heteroatoms. The van der Waals surface area contributed by atoms with Crippen molar-refractivity contribution in [2.75, 3.05) is 47.8 Å². The van der Waals surface area contributed by atoms with Crippen molar-refractivity contribution in [1.82, 2.24) is 0 Å². The van der Waals surface area contributed by atoms with Crippen LogP contribution in [0.5, 0.6) is 23.0 Å². The molecule has 2 saturated heterocycles. The molecule has 0 radical (unpaired) electrons. The van der Waals surface area contributed by atoms with Gasteiger partial charge in [-0.2, -0.15) is 0 Å². The van der Waals surface area contributed by atoms with Crippen LogP contribution in [0, 0.1) is 0 Å². The summed E-state index contributed by atoms with van der Waals surface area (Å²) in [6, 6.07) is 10.9. The highest BCUT2D eigenvalue weighted by atomic mass is 16.7. The molecule has 0 aliphatic carbocycles. The van der Waals surface area contributed by atoms with E-state index in [0.717, 1.165) is 24.0 Å². The number of ether oxygens (including phenoxy) is 8. The standard InChI is InChI=1S/C35H52O15/c1-43-23-14-20(15-24(17-23)44-2)8-4-6-12-47-35-33(42)31(40)29(38)27(50-35)19-48-22-10-11-25(45-3)21(16-22)9-5-7-13-46-34-32(41)30(39)28(37)26(18-36)49-34/h10-11,14-17,26-42H,4-9,12-13,18-19H2,1-3H3/t26-,27-,28-,29-,30+,31+,32-,33-,34-,35-/m1/s1. The first-order chi connectivity index (χ1) is 24.1. The van der Waals surface area contributed by atoms with Gasteiger partial charge in [0.15, 0.2) is 12.6 Å². The smallest absolute Gasteiger partial charge is 0.186 e. The predicted octanol–water partition coefficient (Wildman–Crippen LogP) is 0.0775. The summed E-state index contributed by atoms with van der Waals surface area (Å²) in [4.78, 5) is 0. The van der Waals surface area contributed by atoms with Gasteiger partial charge in [-0.1, -0.05) is 0 Å². The van der Waals surface area contributed by atoms with Crippen molar-refractivity contribution in [1.29, 1.82) is 0 Å². The zero-order valence-corrected chi connectivity index (χ0v) is 28.7. The molecule has 7 N–H and O–H groups in total. The largest absolute Gasteiger partial charge is 0.497 e. The van der Waals surface area contributed by atoms with E-state index in [-0.39, 0.29) is 19.8 Å². The number of aryl methyl sites for hydroxylation is 2. The van der Waals surface area contributed by atoms with Crippen LogP contribution in [0.15, 0.2) is 36.4 Å². The zero-order valence-electron chi connectivity index (χ0n) is 28.7. The molecule has 0 saturated carbocycles. The molecule has 2 aromatic carbocycles. The molecular weight excluding hydrogens is 660 g/mol. The number of aliphatic hydroxyl groups is 7. The summed E-state index contributed by atoms with van der Waals surface area (Å²) in [5.41, 5.74) is 1.89. The van der Waals surface area contributed by atoms with Crippen LogP contribution in [0.1, 0.15) is 36.8 Å². The summed E-state index contributed by atoms with van der Waals surface area (Å²) in [6.45, 7) is -0.210. The second-order valence-electron chi connectivity index (χ2n) is 12.4. The second kappa shape index (κ2) is 19.7. The highest BCUT2D eigenvalue weighted by Gasteiger charge is 2.45. The van der Waals surface area contributed by atoms with Crippen LogP contribution in [0.3, 0.4) is 0 Å². The molecule has 0 amide bonds. The fraction of sp³-hybridized carbons (Fsp3) is 0.657. The Bertz CT molecular complexity index is 1270. The molecule has 2 heterocycles. The predicted molar refractivity (Wildman–Crippen MR) is 176 cm³/mol. The molecule has 15 nitrogen and oxygen atoms in total. The number of hydrogen-bond acceptors (Lipinski definition) is 15. The van der Waals surface area contributed by atoms with Crippen molar-refractivity contribution in [2.45, 2.75) is 99.9 Å². The van der Waals surface area contributed by atoms with Crippen LogP contribution in [-0.4, -0.2) is 145 Å². The number of aliphatic hydroxyl groups excluding tert-OH is 7. The van der Waals surface area contributed by atoms with Crippen LogP contribution in [0.4, 0.5) is 0 Å². The van der Waals surface area contributed by atoms with E-state index < -0.39 is 68.0 Å². The van der Waals surface area contributed by atoms with Crippen LogP contribution in [0.2, 0.25) is 0 Å². The summed E-state index contributed by atoms with van der Waals surface area (Å²) in [5, 5.41) is 71.0. The molecule has 10 atom stereocenters. The maximum absolute atomic E-state index is 10.6. The van der Waals surface area contributed by atoms with E-state index in [0.29, 0.717) is 48.7 Å². The summed E-state index contributed by atoms with van der Waals surface area (Å²) in [7, 11) is 4.75. The molecule has 282 valence electrons. The number of hydrogen-bond donors (Lipinski definition) is 7. The Hall–Kier alpha value is -2.80. The Morgan fingerprint density at radius 3 is 1.70 bits per heavy atom. The molecule has 50 heavy (non-hydrogen) atoms. The Kier molecular flexibility index (Phi) is 15.8. The third kappa shape index (κ3) is 10.6. The summed E-state index contributed by atoms with van der Waals surface area (Å²) < 4.78 is 44.6. The van der Waals surface area contributed by atoms with Gasteiger partial charge < -0.3 is 73.6 Å². The van der Waals surface area contributed by atoms with E-state index in [1.54, 1.807) is 45.6 Å². The summed E-state index contributed by atoms with van der Waals surface area (Å²) in [5.74, 6) is 2.53. The van der Waals surface area contributed by atoms with Gasteiger partial charge >= 0.3 is 0 Å². The lowest BCUT2D eigenvalue weighted by Crippen LogP contribution is -2.59. The highest BCUT2D eigenvalue weighted by molar-refractivity contribution is 5.40. The van der Waals surface area contributed by atoms with Crippen LogP contribution in [0.25, 0.3) is 0 Å². The number of methoxy groups -OCH3 is 3. The van der Waals surface area contributed by atoms with Gasteiger partial charge in [0.05, 0.1) is 27.9 Å². The van der Waals surface area contributed by atoms with Gasteiger partial charge in [0.2, 0.25) is 0 Å². The van der Waals surface area contributed by atoms with E-state index in [2.05, 4.69) is 0 Å². The Labute approximate surface area is 291 Å². The summed E-state index contributed by atoms with van der Waals surface area (Å²) >= 11 is 0. The van der Waals surface area contributed by atoms with E-state index in [1.165, 1.54) is 0 Å². The average Bonchev–Trinajstić information content (AvgIpc) is 3.13. The van der Waals surface area contributed by atoms with Gasteiger partial charge in [0.25, 0.3) is 0 Å². The lowest BCUT2D eigenvalue weighted by atomic mass is 9.99. The third-order valence-corrected chi connectivity index (χ3v) is 8.86. The first-order valence-corrected chi connectivity index (χ1v) is 16.8. The van der Waals surface area contributed by atoms with Crippen molar-refractivity contribution in [2.24, 2.45) is 0 Å². The maximum Gasteiger partial charge on any atom is 0.186 e. The minimum atomic E-state index is -1.50. The van der Waals surface area contributed by atoms with Gasteiger partial charge in [-0.3, -0.25) is 0 Å². The quantitative estimate of drug-likeness (QED) is 0.0961. The van der Waals surface area contributed by atoms with E-state index in [9.17, 15) is 35.7 Å². The minimum Gasteiger partial charge on any atom is -0.497 e. The molecule has 2 aliphatic rings. The van der Waals surface area contributed by atoms with Crippen molar-refractivity contribution < 1.29 is 73.6 Å². The molecule has 4 rings (SSSR count). The Balaban J connectivity index is 1.22. The Morgan fingerprint density at radius 1 is 0.580 bits per heavy atom. The molecular formula is C35H52O15. The van der Waals surface area contributed by atoms with Crippen molar-refractivity contribution >= 4 is 0 Å². The second-order valence-corrected chi connectivity index (χ2v) is 12.4. The monoisotopic (exact) mass is 712 g/mol. The average molecular weight is 713 g/mol. The molecule has 0 aromatic heterocycles. The van der Waals surface area contributed by atoms with E-state index >= 15 is 0 Å². The first kappa shape index (κ1) is 40.0. The van der Waals surface area contributed by atoms with Crippen LogP contribution < -0.4 is 18.9 Å². The van der Waals surface area contributed by atoms with Crippen LogP contribution >= 0.6 is 0 Å². The number of benzene rings is 2. The number of rotatable bonds is 19. The van der Waals surface area contributed by atoms with Gasteiger partial charge in [-0.15, -0.1) is 0 Å². The molecule has 2 aliphatic heterocycles. The highest BCUT2D eigenvalue weighted by Crippen LogP contribution is 2.29. The zero-order chi connectivity index (χ0) is 36.2. The SMILES string of the molecule is COc1cc(CCCCO[C@@H]2O[C@H](COc3ccc(OC)c(CCCCO[C@@H]4O[C@H](CO)[C@@H](O)[C@H](O)[C@H]4O)c3)[C@@H](O)[C@H](O)[C@H]2O)cc(OC)c1. The molecule has 2 aromatic rings. The Morgan fingerprint density at radius 2 is 1.14 bits per heavy atom. The molecule has 0 spiro atoms. The van der Waals surface area contributed by atoms with E-state index in [4.69, 9.17) is 37.9 Å². The van der Waals surface area contributed by atoms with E-state index in [1.807, 2.05) is 12.1 Å². The van der Waals surface area contributed by atoms with Crippen molar-refractivity contribution in [3.05, 3.63) is 47.5 Å².